The second-order valence-electron chi connectivity index (χ2n) is 7.05. The number of carbonyl (C=O) groups excluding carboxylic acids is 1. The number of pyridine rings is 2. The lowest BCUT2D eigenvalue weighted by Crippen LogP contribution is -2.36. The van der Waals surface area contributed by atoms with Gasteiger partial charge in [0.1, 0.15) is 12.6 Å². The van der Waals surface area contributed by atoms with Crippen molar-refractivity contribution in [1.29, 1.82) is 0 Å². The van der Waals surface area contributed by atoms with Gasteiger partial charge in [0.2, 0.25) is 5.91 Å². The van der Waals surface area contributed by atoms with Gasteiger partial charge in [-0.2, -0.15) is 0 Å². The van der Waals surface area contributed by atoms with Crippen molar-refractivity contribution in [3.8, 4) is 5.75 Å². The molecule has 1 atom stereocenters. The first kappa shape index (κ1) is 17.6. The number of hydrogen-bond acceptors (Lipinski definition) is 5. The Morgan fingerprint density at radius 1 is 1.15 bits per heavy atom. The molecule has 2 aliphatic heterocycles. The van der Waals surface area contributed by atoms with Crippen LogP contribution in [0.5, 0.6) is 5.75 Å². The van der Waals surface area contributed by atoms with E-state index in [1.165, 1.54) is 23.5 Å². The predicted octanol–water partition coefficient (Wildman–Crippen LogP) is 1.52. The average molecular weight is 368 g/mol. The van der Waals surface area contributed by atoms with Crippen molar-refractivity contribution in [3.05, 3.63) is 53.1 Å². The van der Waals surface area contributed by atoms with Crippen LogP contribution in [0.2, 0.25) is 0 Å². The van der Waals surface area contributed by atoms with E-state index < -0.39 is 0 Å². The molecule has 27 heavy (non-hydrogen) atoms. The van der Waals surface area contributed by atoms with Crippen LogP contribution in [0.3, 0.4) is 0 Å². The highest BCUT2D eigenvalue weighted by Gasteiger charge is 2.29. The summed E-state index contributed by atoms with van der Waals surface area (Å²) < 4.78 is 7.64. The Morgan fingerprint density at radius 3 is 2.81 bits per heavy atom. The largest absolute Gasteiger partial charge is 0.485 e. The Morgan fingerprint density at radius 2 is 2.00 bits per heavy atom. The van der Waals surface area contributed by atoms with Crippen molar-refractivity contribution < 1.29 is 9.53 Å². The topological polar surface area (TPSA) is 67.7 Å². The summed E-state index contributed by atoms with van der Waals surface area (Å²) in [4.78, 5) is 32.9. The molecule has 0 aromatic carbocycles. The molecule has 0 bridgehead atoms. The summed E-state index contributed by atoms with van der Waals surface area (Å²) in [5.74, 6) is 1.63. The Balaban J connectivity index is 1.38. The highest BCUT2D eigenvalue weighted by molar-refractivity contribution is 5.76. The second kappa shape index (κ2) is 7.82. The van der Waals surface area contributed by atoms with E-state index in [0.717, 1.165) is 31.1 Å². The van der Waals surface area contributed by atoms with Crippen molar-refractivity contribution >= 4 is 11.7 Å². The maximum atomic E-state index is 12.5. The molecule has 4 heterocycles. The molecular formula is C20H24N4O3. The van der Waals surface area contributed by atoms with Gasteiger partial charge in [0.15, 0.2) is 11.6 Å². The maximum Gasteiger partial charge on any atom is 0.250 e. The number of hydrogen-bond donors (Lipinski definition) is 0. The van der Waals surface area contributed by atoms with Gasteiger partial charge in [0.25, 0.3) is 5.56 Å². The third-order valence-corrected chi connectivity index (χ3v) is 5.15. The lowest BCUT2D eigenvalue weighted by Gasteiger charge is -2.22. The van der Waals surface area contributed by atoms with Crippen LogP contribution >= 0.6 is 0 Å². The summed E-state index contributed by atoms with van der Waals surface area (Å²) in [7, 11) is 0. The number of likely N-dealkylation sites (tertiary alicyclic amines) is 1. The van der Waals surface area contributed by atoms with Gasteiger partial charge in [-0.15, -0.1) is 0 Å². The molecule has 0 aliphatic carbocycles. The minimum absolute atomic E-state index is 0.0491. The summed E-state index contributed by atoms with van der Waals surface area (Å²) >= 11 is 0. The maximum absolute atomic E-state index is 12.5. The molecule has 7 nitrogen and oxygen atoms in total. The Hall–Kier alpha value is -2.83. The Kier molecular flexibility index (Phi) is 5.09. The van der Waals surface area contributed by atoms with Gasteiger partial charge in [-0.25, -0.2) is 4.98 Å². The molecule has 1 unspecified atom stereocenters. The Bertz CT molecular complexity index is 860. The molecule has 0 saturated carbocycles. The number of anilines is 1. The van der Waals surface area contributed by atoms with Gasteiger partial charge in [-0.1, -0.05) is 6.07 Å². The molecule has 2 saturated heterocycles. The molecule has 2 aromatic heterocycles. The predicted molar refractivity (Wildman–Crippen MR) is 102 cm³/mol. The normalized spacial score (nSPS) is 19.5. The first-order chi connectivity index (χ1) is 13.2. The minimum Gasteiger partial charge on any atom is -0.485 e. The second-order valence-corrected chi connectivity index (χ2v) is 7.05. The summed E-state index contributed by atoms with van der Waals surface area (Å²) in [6.45, 7) is 3.26. The van der Waals surface area contributed by atoms with E-state index in [9.17, 15) is 9.59 Å². The lowest BCUT2D eigenvalue weighted by atomic mass is 10.3. The molecule has 7 heteroatoms. The van der Waals surface area contributed by atoms with E-state index in [-0.39, 0.29) is 24.1 Å². The van der Waals surface area contributed by atoms with Crippen molar-refractivity contribution in [2.24, 2.45) is 0 Å². The molecule has 142 valence electrons. The lowest BCUT2D eigenvalue weighted by molar-refractivity contribution is -0.131. The molecule has 0 radical (unpaired) electrons. The highest BCUT2D eigenvalue weighted by Crippen LogP contribution is 2.30. The van der Waals surface area contributed by atoms with Crippen LogP contribution in [0.4, 0.5) is 5.82 Å². The zero-order chi connectivity index (χ0) is 18.6. The van der Waals surface area contributed by atoms with Gasteiger partial charge in [-0.05, 0) is 31.0 Å². The van der Waals surface area contributed by atoms with E-state index in [1.807, 2.05) is 12.1 Å². The van der Waals surface area contributed by atoms with Crippen LogP contribution in [0.25, 0.3) is 0 Å². The fourth-order valence-corrected chi connectivity index (χ4v) is 3.71. The average Bonchev–Trinajstić information content (AvgIpc) is 3.36. The quantitative estimate of drug-likeness (QED) is 0.801. The van der Waals surface area contributed by atoms with Crippen molar-refractivity contribution in [2.45, 2.75) is 31.9 Å². The minimum atomic E-state index is -0.163. The Labute approximate surface area is 158 Å². The van der Waals surface area contributed by atoms with E-state index in [1.54, 1.807) is 29.4 Å². The number of nitrogens with zero attached hydrogens (tertiary/aromatic N) is 4. The van der Waals surface area contributed by atoms with Gasteiger partial charge < -0.3 is 19.1 Å². The van der Waals surface area contributed by atoms with E-state index in [4.69, 9.17) is 4.74 Å². The number of carbonyl (C=O) groups is 1. The molecule has 1 amide bonds. The van der Waals surface area contributed by atoms with Crippen LogP contribution in [-0.2, 0) is 11.3 Å². The molecule has 2 aromatic rings. The van der Waals surface area contributed by atoms with Gasteiger partial charge in [0.05, 0.1) is 6.54 Å². The van der Waals surface area contributed by atoms with Crippen molar-refractivity contribution in [1.82, 2.24) is 14.5 Å². The molecule has 0 spiro atoms. The van der Waals surface area contributed by atoms with Gasteiger partial charge in [-0.3, -0.25) is 9.59 Å². The number of aromatic nitrogens is 2. The van der Waals surface area contributed by atoms with E-state index >= 15 is 0 Å². The standard InChI is InChI=1S/C20H24N4O3/c25-18-7-1-2-12-23(18)15-19(26)24-13-8-16(14-24)27-17-6-5-9-21-20(17)22-10-3-4-11-22/h1-2,5-7,9,12,16H,3-4,8,10-11,13-15H2. The van der Waals surface area contributed by atoms with Crippen LogP contribution in [0.15, 0.2) is 47.5 Å². The fraction of sp³-hybridized carbons (Fsp3) is 0.450. The summed E-state index contributed by atoms with van der Waals surface area (Å²) in [5, 5.41) is 0. The molecular weight excluding hydrogens is 344 g/mol. The summed E-state index contributed by atoms with van der Waals surface area (Å²) in [6.07, 6.45) is 6.53. The monoisotopic (exact) mass is 368 g/mol. The third-order valence-electron chi connectivity index (χ3n) is 5.15. The third kappa shape index (κ3) is 3.97. The smallest absolute Gasteiger partial charge is 0.250 e. The molecule has 0 N–H and O–H groups in total. The van der Waals surface area contributed by atoms with Crippen LogP contribution in [0, 0.1) is 0 Å². The number of ether oxygens (including phenoxy) is 1. The van der Waals surface area contributed by atoms with Crippen LogP contribution in [-0.4, -0.2) is 52.6 Å². The van der Waals surface area contributed by atoms with Crippen molar-refractivity contribution in [3.63, 3.8) is 0 Å². The first-order valence-corrected chi connectivity index (χ1v) is 9.50. The van der Waals surface area contributed by atoms with Crippen LogP contribution < -0.4 is 15.2 Å². The fourth-order valence-electron chi connectivity index (χ4n) is 3.71. The molecule has 4 rings (SSSR count). The van der Waals surface area contributed by atoms with Crippen LogP contribution in [0.1, 0.15) is 19.3 Å². The first-order valence-electron chi connectivity index (χ1n) is 9.50. The van der Waals surface area contributed by atoms with Gasteiger partial charge in [0, 0.05) is 44.5 Å². The van der Waals surface area contributed by atoms with E-state index in [0.29, 0.717) is 13.1 Å². The summed E-state index contributed by atoms with van der Waals surface area (Å²) in [6, 6.07) is 8.73. The molecule has 2 fully saturated rings. The highest BCUT2D eigenvalue weighted by atomic mass is 16.5. The number of amides is 1. The zero-order valence-electron chi connectivity index (χ0n) is 15.3. The van der Waals surface area contributed by atoms with Gasteiger partial charge >= 0.3 is 0 Å². The van der Waals surface area contributed by atoms with E-state index in [2.05, 4.69) is 9.88 Å². The molecule has 2 aliphatic rings. The summed E-state index contributed by atoms with van der Waals surface area (Å²) in [5.41, 5.74) is -0.163. The number of rotatable bonds is 5. The zero-order valence-corrected chi connectivity index (χ0v) is 15.3. The SMILES string of the molecule is O=C(Cn1ccccc1=O)N1CCC(Oc2cccnc2N2CCCC2)C1. The van der Waals surface area contributed by atoms with Crippen molar-refractivity contribution in [2.75, 3.05) is 31.1 Å².